The summed E-state index contributed by atoms with van der Waals surface area (Å²) in [6.45, 7) is 2.14. The van der Waals surface area contributed by atoms with Gasteiger partial charge in [-0.3, -0.25) is 0 Å². The van der Waals surface area contributed by atoms with E-state index in [0.717, 1.165) is 42.6 Å². The van der Waals surface area contributed by atoms with Crippen molar-refractivity contribution in [3.8, 4) is 5.75 Å². The van der Waals surface area contributed by atoms with Gasteiger partial charge in [0.2, 0.25) is 0 Å². The molecule has 31 heavy (non-hydrogen) atoms. The smallest absolute Gasteiger partial charge is 0.118 e. The molecule has 1 aliphatic heterocycles. The fourth-order valence-electron chi connectivity index (χ4n) is 3.34. The molecule has 2 aromatic rings. The number of methoxy groups -OCH3 is 1. The number of allylic oxidation sites excluding steroid dienone is 1. The van der Waals surface area contributed by atoms with Crippen LogP contribution in [0.5, 0.6) is 5.75 Å². The van der Waals surface area contributed by atoms with Crippen molar-refractivity contribution in [3.63, 3.8) is 0 Å². The van der Waals surface area contributed by atoms with Crippen LogP contribution < -0.4 is 4.74 Å². The lowest BCUT2D eigenvalue weighted by atomic mass is 10.1. The molecule has 0 spiro atoms. The molecule has 0 radical (unpaired) electrons. The first-order valence-corrected chi connectivity index (χ1v) is 11.1. The number of unbranched alkanes of at least 4 members (excludes halogenated alkanes) is 1. The Labute approximate surface area is 185 Å². The number of rotatable bonds is 15. The maximum absolute atomic E-state index is 10.0. The van der Waals surface area contributed by atoms with Gasteiger partial charge in [-0.1, -0.05) is 54.6 Å². The second-order valence-electron chi connectivity index (χ2n) is 7.87. The molecule has 1 aliphatic rings. The molecule has 1 saturated heterocycles. The van der Waals surface area contributed by atoms with E-state index in [9.17, 15) is 5.11 Å². The highest BCUT2D eigenvalue weighted by Gasteiger charge is 2.37. The quantitative estimate of drug-likeness (QED) is 0.255. The minimum atomic E-state index is -0.406. The summed E-state index contributed by atoms with van der Waals surface area (Å²) in [5.41, 5.74) is 2.26. The van der Waals surface area contributed by atoms with E-state index in [4.69, 9.17) is 18.9 Å². The maximum atomic E-state index is 10.0. The first kappa shape index (κ1) is 23.5. The SMILES string of the molecule is COc1ccc(COC[C@H]2O[C@H]2C/C=C/CCC[C@H](O)COCc2ccccc2)cc1. The third-order valence-corrected chi connectivity index (χ3v) is 5.26. The molecule has 0 saturated carbocycles. The lowest BCUT2D eigenvalue weighted by Gasteiger charge is -2.10. The van der Waals surface area contributed by atoms with Gasteiger partial charge in [-0.05, 0) is 48.9 Å². The largest absolute Gasteiger partial charge is 0.497 e. The number of hydrogen-bond donors (Lipinski definition) is 1. The van der Waals surface area contributed by atoms with Crippen LogP contribution in [0.3, 0.4) is 0 Å². The second-order valence-corrected chi connectivity index (χ2v) is 7.87. The zero-order chi connectivity index (χ0) is 21.7. The van der Waals surface area contributed by atoms with E-state index in [2.05, 4.69) is 12.2 Å². The molecule has 0 unspecified atom stereocenters. The Morgan fingerprint density at radius 2 is 1.68 bits per heavy atom. The van der Waals surface area contributed by atoms with E-state index >= 15 is 0 Å². The molecule has 0 aliphatic carbocycles. The number of benzene rings is 2. The zero-order valence-electron chi connectivity index (χ0n) is 18.3. The van der Waals surface area contributed by atoms with Crippen LogP contribution in [0, 0.1) is 0 Å². The molecule has 5 nitrogen and oxygen atoms in total. The first-order chi connectivity index (χ1) is 15.2. The van der Waals surface area contributed by atoms with E-state index in [-0.39, 0.29) is 12.2 Å². The van der Waals surface area contributed by atoms with Gasteiger partial charge in [0.1, 0.15) is 11.9 Å². The molecule has 1 N–H and O–H groups in total. The van der Waals surface area contributed by atoms with Crippen LogP contribution in [-0.4, -0.2) is 43.7 Å². The lowest BCUT2D eigenvalue weighted by molar-refractivity contribution is 0.0238. The van der Waals surface area contributed by atoms with Gasteiger partial charge < -0.3 is 24.1 Å². The molecule has 2 aromatic carbocycles. The van der Waals surface area contributed by atoms with Crippen molar-refractivity contribution >= 4 is 0 Å². The van der Waals surface area contributed by atoms with Gasteiger partial charge in [0.05, 0.1) is 45.7 Å². The summed E-state index contributed by atoms with van der Waals surface area (Å²) in [6.07, 6.45) is 7.99. The molecule has 1 fully saturated rings. The van der Waals surface area contributed by atoms with Gasteiger partial charge >= 0.3 is 0 Å². The van der Waals surface area contributed by atoms with E-state index in [1.165, 1.54) is 0 Å². The Balaban J connectivity index is 1.15. The molecule has 5 heteroatoms. The van der Waals surface area contributed by atoms with Crippen molar-refractivity contribution in [3.05, 3.63) is 77.9 Å². The molecule has 168 valence electrons. The summed E-state index contributed by atoms with van der Waals surface area (Å²) in [5, 5.41) is 10.0. The Hall–Kier alpha value is -2.18. The fourth-order valence-corrected chi connectivity index (χ4v) is 3.34. The van der Waals surface area contributed by atoms with Crippen LogP contribution in [0.15, 0.2) is 66.7 Å². The summed E-state index contributed by atoms with van der Waals surface area (Å²) in [5.74, 6) is 0.854. The summed E-state index contributed by atoms with van der Waals surface area (Å²) >= 11 is 0. The van der Waals surface area contributed by atoms with Crippen LogP contribution >= 0.6 is 0 Å². The Bertz CT molecular complexity index is 759. The van der Waals surface area contributed by atoms with Crippen molar-refractivity contribution in [2.24, 2.45) is 0 Å². The van der Waals surface area contributed by atoms with Crippen molar-refractivity contribution in [2.75, 3.05) is 20.3 Å². The van der Waals surface area contributed by atoms with E-state index in [1.54, 1.807) is 7.11 Å². The molecule has 3 rings (SSSR count). The van der Waals surface area contributed by atoms with Crippen LogP contribution in [0.1, 0.15) is 36.8 Å². The zero-order valence-corrected chi connectivity index (χ0v) is 18.3. The highest BCUT2D eigenvalue weighted by atomic mass is 16.6. The molecule has 0 bridgehead atoms. The van der Waals surface area contributed by atoms with Crippen molar-refractivity contribution in [1.82, 2.24) is 0 Å². The maximum Gasteiger partial charge on any atom is 0.118 e. The molecule has 0 aromatic heterocycles. The van der Waals surface area contributed by atoms with Crippen LogP contribution in [0.4, 0.5) is 0 Å². The summed E-state index contributed by atoms with van der Waals surface area (Å²) in [4.78, 5) is 0. The number of epoxide rings is 1. The fraction of sp³-hybridized carbons (Fsp3) is 0.462. The van der Waals surface area contributed by atoms with Gasteiger partial charge in [0, 0.05) is 0 Å². The van der Waals surface area contributed by atoms with E-state index < -0.39 is 6.10 Å². The monoisotopic (exact) mass is 426 g/mol. The van der Waals surface area contributed by atoms with Crippen molar-refractivity contribution in [2.45, 2.75) is 57.2 Å². The average molecular weight is 427 g/mol. The minimum absolute atomic E-state index is 0.200. The van der Waals surface area contributed by atoms with Gasteiger partial charge in [0.15, 0.2) is 0 Å². The second kappa shape index (κ2) is 13.3. The number of hydrogen-bond acceptors (Lipinski definition) is 5. The van der Waals surface area contributed by atoms with E-state index in [0.29, 0.717) is 26.4 Å². The molecule has 1 heterocycles. The first-order valence-electron chi connectivity index (χ1n) is 11.1. The van der Waals surface area contributed by atoms with E-state index in [1.807, 2.05) is 54.6 Å². The predicted octanol–water partition coefficient (Wildman–Crippen LogP) is 4.67. The standard InChI is InChI=1S/C26H34O5/c1-28-24-15-13-22(14-16-24)18-30-20-26-25(31-26)12-8-3-2-7-11-23(27)19-29-17-21-9-5-4-6-10-21/h3-6,8-10,13-16,23,25-27H,2,7,11-12,17-20H2,1H3/b8-3+/t23-,25-,26+/m0/s1. The molecule has 0 amide bonds. The third-order valence-electron chi connectivity index (χ3n) is 5.26. The third kappa shape index (κ3) is 9.23. The minimum Gasteiger partial charge on any atom is -0.497 e. The topological polar surface area (TPSA) is 60.5 Å². The summed E-state index contributed by atoms with van der Waals surface area (Å²) in [7, 11) is 1.66. The van der Waals surface area contributed by atoms with Gasteiger partial charge in [-0.2, -0.15) is 0 Å². The molecular weight excluding hydrogens is 392 g/mol. The van der Waals surface area contributed by atoms with Crippen molar-refractivity contribution < 1.29 is 24.1 Å². The average Bonchev–Trinajstić information content (AvgIpc) is 3.55. The Kier molecular flexibility index (Phi) is 10.1. The predicted molar refractivity (Wildman–Crippen MR) is 121 cm³/mol. The Morgan fingerprint density at radius 1 is 0.935 bits per heavy atom. The molecular formula is C26H34O5. The van der Waals surface area contributed by atoms with Crippen molar-refractivity contribution in [1.29, 1.82) is 0 Å². The number of aliphatic hydroxyl groups excluding tert-OH is 1. The van der Waals surface area contributed by atoms with Gasteiger partial charge in [-0.15, -0.1) is 0 Å². The Morgan fingerprint density at radius 3 is 2.45 bits per heavy atom. The molecule has 3 atom stereocenters. The normalized spacial score (nSPS) is 18.9. The van der Waals surface area contributed by atoms with Gasteiger partial charge in [-0.25, -0.2) is 0 Å². The number of ether oxygens (including phenoxy) is 4. The summed E-state index contributed by atoms with van der Waals surface area (Å²) < 4.78 is 22.1. The van der Waals surface area contributed by atoms with Crippen LogP contribution in [0.2, 0.25) is 0 Å². The van der Waals surface area contributed by atoms with Crippen LogP contribution in [0.25, 0.3) is 0 Å². The number of aliphatic hydroxyl groups is 1. The lowest BCUT2D eigenvalue weighted by Crippen LogP contribution is -2.14. The summed E-state index contributed by atoms with van der Waals surface area (Å²) in [6, 6.07) is 17.9. The van der Waals surface area contributed by atoms with Crippen LogP contribution in [-0.2, 0) is 27.4 Å². The van der Waals surface area contributed by atoms with Gasteiger partial charge in [0.25, 0.3) is 0 Å². The highest BCUT2D eigenvalue weighted by Crippen LogP contribution is 2.26. The highest BCUT2D eigenvalue weighted by molar-refractivity contribution is 5.26.